The molecule has 3 heterocycles. The van der Waals surface area contributed by atoms with Crippen LogP contribution in [0, 0.1) is 32.1 Å². The van der Waals surface area contributed by atoms with Crippen molar-refractivity contribution in [3.05, 3.63) is 93.8 Å². The Morgan fingerprint density at radius 3 is 2.54 bits per heavy atom. The summed E-state index contributed by atoms with van der Waals surface area (Å²) in [4.78, 5) is 4.76. The fourth-order valence-corrected chi connectivity index (χ4v) is 4.70. The number of nitrogens with zero attached hydrogens (tertiary/aromatic N) is 6. The van der Waals surface area contributed by atoms with E-state index in [4.69, 9.17) is 10.1 Å². The van der Waals surface area contributed by atoms with E-state index in [2.05, 4.69) is 42.6 Å². The number of pyridine rings is 1. The van der Waals surface area contributed by atoms with Gasteiger partial charge >= 0.3 is 0 Å². The zero-order valence-electron chi connectivity index (χ0n) is 20.4. The number of benzene rings is 2. The number of fused-ring (bicyclic) bond motifs is 3. The first kappa shape index (κ1) is 22.4. The zero-order chi connectivity index (χ0) is 24.5. The van der Waals surface area contributed by atoms with Gasteiger partial charge in [0.05, 0.1) is 35.1 Å². The minimum atomic E-state index is 0.599. The van der Waals surface area contributed by atoms with E-state index in [0.717, 1.165) is 51.4 Å². The normalized spacial score (nSPS) is 11.5. The van der Waals surface area contributed by atoms with Crippen molar-refractivity contribution in [3.63, 3.8) is 0 Å². The highest BCUT2D eigenvalue weighted by Gasteiger charge is 2.19. The average Bonchev–Trinajstić information content (AvgIpc) is 3.37. The van der Waals surface area contributed by atoms with Gasteiger partial charge in [0.1, 0.15) is 11.9 Å². The molecule has 0 spiro atoms. The predicted molar refractivity (Wildman–Crippen MR) is 140 cm³/mol. The smallest absolute Gasteiger partial charge is 0.157 e. The largest absolute Gasteiger partial charge is 0.276 e. The van der Waals surface area contributed by atoms with Gasteiger partial charge in [0, 0.05) is 11.3 Å². The number of nitrogens with one attached hydrogen (secondary N) is 1. The molecule has 1 N–H and O–H groups in total. The molecule has 0 fully saturated rings. The maximum Gasteiger partial charge on any atom is 0.157 e. The highest BCUT2D eigenvalue weighted by atomic mass is 15.3. The Bertz CT molecular complexity index is 1610. The Hall–Kier alpha value is -4.44. The van der Waals surface area contributed by atoms with Crippen molar-refractivity contribution in [2.75, 3.05) is 5.43 Å². The molecule has 0 amide bonds. The maximum absolute atomic E-state index is 9.88. The van der Waals surface area contributed by atoms with Crippen LogP contribution in [-0.2, 0) is 13.0 Å². The first-order valence-corrected chi connectivity index (χ1v) is 11.7. The van der Waals surface area contributed by atoms with E-state index in [1.807, 2.05) is 71.6 Å². The Morgan fingerprint density at radius 1 is 1.06 bits per heavy atom. The van der Waals surface area contributed by atoms with Gasteiger partial charge in [-0.05, 0) is 56.0 Å². The Balaban J connectivity index is 1.56. The average molecular weight is 462 g/mol. The van der Waals surface area contributed by atoms with E-state index in [1.165, 1.54) is 5.56 Å². The summed E-state index contributed by atoms with van der Waals surface area (Å²) in [5.74, 6) is 0.830. The summed E-state index contributed by atoms with van der Waals surface area (Å²) in [6.07, 6.45) is 2.59. The lowest BCUT2D eigenvalue weighted by molar-refractivity contribution is 0.659. The highest BCUT2D eigenvalue weighted by molar-refractivity contribution is 5.87. The van der Waals surface area contributed by atoms with Crippen molar-refractivity contribution >= 4 is 28.7 Å². The second-order valence-electron chi connectivity index (χ2n) is 8.65. The number of nitriles is 1. The predicted octanol–water partition coefficient (Wildman–Crippen LogP) is 5.54. The van der Waals surface area contributed by atoms with Crippen molar-refractivity contribution in [2.24, 2.45) is 5.10 Å². The Labute approximate surface area is 204 Å². The molecule has 0 saturated heterocycles. The number of hydrogen-bond donors (Lipinski definition) is 1. The van der Waals surface area contributed by atoms with Gasteiger partial charge in [0.15, 0.2) is 5.65 Å². The van der Waals surface area contributed by atoms with Gasteiger partial charge in [-0.3, -0.25) is 14.5 Å². The molecule has 5 rings (SSSR count). The molecule has 7 heteroatoms. The number of rotatable bonds is 6. The summed E-state index contributed by atoms with van der Waals surface area (Å²) in [6, 6.07) is 20.6. The first-order valence-electron chi connectivity index (χ1n) is 11.7. The van der Waals surface area contributed by atoms with Crippen LogP contribution in [0.5, 0.6) is 0 Å². The maximum atomic E-state index is 9.88. The number of imidazole rings is 1. The zero-order valence-corrected chi connectivity index (χ0v) is 20.4. The van der Waals surface area contributed by atoms with Crippen LogP contribution >= 0.6 is 0 Å². The first-order chi connectivity index (χ1) is 17.0. The number of hydrogen-bond acceptors (Lipinski definition) is 5. The van der Waals surface area contributed by atoms with Gasteiger partial charge in [0.2, 0.25) is 0 Å². The standard InChI is InChI=1S/C28H27N7/c1-5-22-18(2)23(15-29)27-31-25-13-9-10-14-26(25)35(27)28(22)32-30-16-24-19(3)33-34(20(24)4)17-21-11-7-6-8-12-21/h6-14,16,32H,5,17H2,1-4H3. The lowest BCUT2D eigenvalue weighted by atomic mass is 10.0. The third-order valence-corrected chi connectivity index (χ3v) is 6.56. The number of hydrazone groups is 1. The van der Waals surface area contributed by atoms with Gasteiger partial charge in [-0.2, -0.15) is 15.5 Å². The lowest BCUT2D eigenvalue weighted by Gasteiger charge is -2.15. The summed E-state index contributed by atoms with van der Waals surface area (Å²) in [5.41, 5.74) is 12.5. The molecule has 2 aromatic carbocycles. The second kappa shape index (κ2) is 9.07. The molecular formula is C28H27N7. The van der Waals surface area contributed by atoms with Crippen molar-refractivity contribution in [1.82, 2.24) is 19.2 Å². The molecule has 0 aliphatic carbocycles. The summed E-state index contributed by atoms with van der Waals surface area (Å²) >= 11 is 0. The van der Waals surface area contributed by atoms with Crippen molar-refractivity contribution in [1.29, 1.82) is 5.26 Å². The molecule has 0 saturated carbocycles. The number of anilines is 1. The van der Waals surface area contributed by atoms with Gasteiger partial charge < -0.3 is 0 Å². The fourth-order valence-electron chi connectivity index (χ4n) is 4.70. The minimum absolute atomic E-state index is 0.599. The molecule has 3 aromatic heterocycles. The molecular weight excluding hydrogens is 434 g/mol. The Morgan fingerprint density at radius 2 is 1.80 bits per heavy atom. The minimum Gasteiger partial charge on any atom is -0.276 e. The second-order valence-corrected chi connectivity index (χ2v) is 8.65. The van der Waals surface area contributed by atoms with E-state index in [9.17, 15) is 5.26 Å². The lowest BCUT2D eigenvalue weighted by Crippen LogP contribution is -2.08. The molecule has 0 bridgehead atoms. The summed E-state index contributed by atoms with van der Waals surface area (Å²) in [6.45, 7) is 8.85. The van der Waals surface area contributed by atoms with Crippen LogP contribution in [0.25, 0.3) is 16.7 Å². The molecule has 174 valence electrons. The van der Waals surface area contributed by atoms with Crippen molar-refractivity contribution in [3.8, 4) is 6.07 Å². The monoisotopic (exact) mass is 461 g/mol. The van der Waals surface area contributed by atoms with Crippen molar-refractivity contribution < 1.29 is 0 Å². The SMILES string of the molecule is CCc1c(C)c(C#N)c2nc3ccccc3n2c1NN=Cc1c(C)nn(Cc2ccccc2)c1C. The summed E-state index contributed by atoms with van der Waals surface area (Å²) in [7, 11) is 0. The molecule has 7 nitrogen and oxygen atoms in total. The van der Waals surface area contributed by atoms with Crippen LogP contribution in [0.4, 0.5) is 5.82 Å². The van der Waals surface area contributed by atoms with Gasteiger partial charge in [0.25, 0.3) is 0 Å². The highest BCUT2D eigenvalue weighted by Crippen LogP contribution is 2.31. The van der Waals surface area contributed by atoms with Crippen LogP contribution in [0.15, 0.2) is 59.7 Å². The third kappa shape index (κ3) is 3.83. The molecule has 0 aliphatic rings. The van der Waals surface area contributed by atoms with Crippen LogP contribution < -0.4 is 5.43 Å². The van der Waals surface area contributed by atoms with E-state index >= 15 is 0 Å². The molecule has 5 aromatic rings. The van der Waals surface area contributed by atoms with Gasteiger partial charge in [-0.1, -0.05) is 49.4 Å². The summed E-state index contributed by atoms with van der Waals surface area (Å²) in [5, 5.41) is 19.3. The third-order valence-electron chi connectivity index (χ3n) is 6.56. The Kier molecular flexibility index (Phi) is 5.79. The van der Waals surface area contributed by atoms with Crippen molar-refractivity contribution in [2.45, 2.75) is 40.7 Å². The molecule has 0 unspecified atom stereocenters. The van der Waals surface area contributed by atoms with Crippen LogP contribution in [0.2, 0.25) is 0 Å². The molecule has 0 radical (unpaired) electrons. The molecule has 0 aliphatic heterocycles. The fraction of sp³-hybridized carbons (Fsp3) is 0.214. The topological polar surface area (TPSA) is 83.3 Å². The van der Waals surface area contributed by atoms with Crippen LogP contribution in [-0.4, -0.2) is 25.4 Å². The quantitative estimate of drug-likeness (QED) is 0.266. The van der Waals surface area contributed by atoms with E-state index in [1.54, 1.807) is 0 Å². The number of aryl methyl sites for hydroxylation is 1. The van der Waals surface area contributed by atoms with E-state index < -0.39 is 0 Å². The van der Waals surface area contributed by atoms with Crippen LogP contribution in [0.3, 0.4) is 0 Å². The molecule has 0 atom stereocenters. The van der Waals surface area contributed by atoms with E-state index in [-0.39, 0.29) is 0 Å². The number of aromatic nitrogens is 4. The van der Waals surface area contributed by atoms with Gasteiger partial charge in [-0.25, -0.2) is 4.98 Å². The number of para-hydroxylation sites is 2. The van der Waals surface area contributed by atoms with Crippen LogP contribution in [0.1, 0.15) is 46.1 Å². The molecule has 35 heavy (non-hydrogen) atoms. The van der Waals surface area contributed by atoms with Gasteiger partial charge in [-0.15, -0.1) is 0 Å². The summed E-state index contributed by atoms with van der Waals surface area (Å²) < 4.78 is 4.02. The van der Waals surface area contributed by atoms with E-state index in [0.29, 0.717) is 17.8 Å².